The standard InChI is InChI=1S/C28H56O8/c1-2-3-4-5-6-7-8-9-10-11-12-13-14-15-28(30)36-27-26-35-25-24-34-23-22-33-21-20-32-19-18-31-17-16-29/h29H,2-27H2,1H3. The maximum absolute atomic E-state index is 11.8. The van der Waals surface area contributed by atoms with E-state index < -0.39 is 0 Å². The van der Waals surface area contributed by atoms with Gasteiger partial charge in [-0.3, -0.25) is 4.79 Å². The average molecular weight is 521 g/mol. The summed E-state index contributed by atoms with van der Waals surface area (Å²) >= 11 is 0. The number of esters is 1. The molecule has 0 heterocycles. The number of unbranched alkanes of at least 4 members (excludes halogenated alkanes) is 12. The minimum atomic E-state index is -0.128. The summed E-state index contributed by atoms with van der Waals surface area (Å²) in [6.45, 7) is 7.24. The summed E-state index contributed by atoms with van der Waals surface area (Å²) < 4.78 is 31.8. The van der Waals surface area contributed by atoms with E-state index in [1.165, 1.54) is 70.6 Å². The van der Waals surface area contributed by atoms with E-state index in [1.807, 2.05) is 0 Å². The summed E-state index contributed by atoms with van der Waals surface area (Å²) in [6.07, 6.45) is 17.4. The summed E-state index contributed by atoms with van der Waals surface area (Å²) in [5.74, 6) is -0.128. The van der Waals surface area contributed by atoms with Gasteiger partial charge in [0.15, 0.2) is 0 Å². The van der Waals surface area contributed by atoms with E-state index in [-0.39, 0.29) is 12.6 Å². The molecule has 8 heteroatoms. The Kier molecular flexibility index (Phi) is 31.6. The molecule has 0 aliphatic heterocycles. The van der Waals surface area contributed by atoms with Gasteiger partial charge in [-0.05, 0) is 6.42 Å². The Morgan fingerprint density at radius 3 is 1.19 bits per heavy atom. The van der Waals surface area contributed by atoms with Crippen LogP contribution >= 0.6 is 0 Å². The van der Waals surface area contributed by atoms with Crippen LogP contribution < -0.4 is 0 Å². The number of aliphatic hydroxyl groups excluding tert-OH is 1. The van der Waals surface area contributed by atoms with Crippen LogP contribution in [0, 0.1) is 0 Å². The molecule has 0 bridgehead atoms. The minimum Gasteiger partial charge on any atom is -0.463 e. The molecule has 0 spiro atoms. The summed E-state index contributed by atoms with van der Waals surface area (Å²) in [6, 6.07) is 0. The lowest BCUT2D eigenvalue weighted by Crippen LogP contribution is -2.15. The fourth-order valence-corrected chi connectivity index (χ4v) is 3.62. The highest BCUT2D eigenvalue weighted by atomic mass is 16.6. The van der Waals surface area contributed by atoms with Crippen molar-refractivity contribution in [3.8, 4) is 0 Å². The van der Waals surface area contributed by atoms with Gasteiger partial charge in [0.2, 0.25) is 0 Å². The number of rotatable bonds is 31. The second kappa shape index (κ2) is 32.3. The molecule has 0 aromatic carbocycles. The predicted molar refractivity (Wildman–Crippen MR) is 142 cm³/mol. The lowest BCUT2D eigenvalue weighted by atomic mass is 10.0. The van der Waals surface area contributed by atoms with Crippen LogP contribution in [-0.4, -0.2) is 90.4 Å². The van der Waals surface area contributed by atoms with Gasteiger partial charge in [-0.25, -0.2) is 0 Å². The van der Waals surface area contributed by atoms with Crippen molar-refractivity contribution in [1.29, 1.82) is 0 Å². The van der Waals surface area contributed by atoms with Gasteiger partial charge in [0.25, 0.3) is 0 Å². The van der Waals surface area contributed by atoms with Crippen molar-refractivity contribution in [2.24, 2.45) is 0 Å². The molecule has 36 heavy (non-hydrogen) atoms. The zero-order chi connectivity index (χ0) is 26.2. The van der Waals surface area contributed by atoms with E-state index in [0.29, 0.717) is 79.1 Å². The largest absolute Gasteiger partial charge is 0.463 e. The molecule has 0 saturated heterocycles. The molecule has 0 fully saturated rings. The van der Waals surface area contributed by atoms with Gasteiger partial charge in [-0.1, -0.05) is 84.0 Å². The average Bonchev–Trinajstić information content (AvgIpc) is 2.88. The normalized spacial score (nSPS) is 11.3. The highest BCUT2D eigenvalue weighted by molar-refractivity contribution is 5.69. The van der Waals surface area contributed by atoms with Crippen LogP contribution in [0.15, 0.2) is 0 Å². The van der Waals surface area contributed by atoms with E-state index >= 15 is 0 Å². The van der Waals surface area contributed by atoms with Gasteiger partial charge in [-0.2, -0.15) is 0 Å². The minimum absolute atomic E-state index is 0.0289. The number of carbonyl (C=O) groups excluding carboxylic acids is 1. The van der Waals surface area contributed by atoms with Crippen molar-refractivity contribution in [3.05, 3.63) is 0 Å². The lowest BCUT2D eigenvalue weighted by molar-refractivity contribution is -0.145. The van der Waals surface area contributed by atoms with Gasteiger partial charge in [0.1, 0.15) is 6.61 Å². The van der Waals surface area contributed by atoms with Crippen LogP contribution in [0.2, 0.25) is 0 Å². The Bertz CT molecular complexity index is 422. The molecule has 1 N–H and O–H groups in total. The van der Waals surface area contributed by atoms with Crippen LogP contribution in [-0.2, 0) is 33.2 Å². The summed E-state index contributed by atoms with van der Waals surface area (Å²) in [5, 5.41) is 8.56. The van der Waals surface area contributed by atoms with Crippen LogP contribution in [0.1, 0.15) is 96.8 Å². The molecule has 0 amide bonds. The number of hydrogen-bond donors (Lipinski definition) is 1. The van der Waals surface area contributed by atoms with Crippen LogP contribution in [0.5, 0.6) is 0 Å². The molecule has 0 aromatic heterocycles. The molecule has 0 aromatic rings. The summed E-state index contributed by atoms with van der Waals surface area (Å²) in [4.78, 5) is 11.8. The van der Waals surface area contributed by atoms with Crippen molar-refractivity contribution >= 4 is 5.97 Å². The first-order valence-electron chi connectivity index (χ1n) is 14.5. The predicted octanol–water partition coefficient (Wildman–Crippen LogP) is 5.09. The summed E-state index contributed by atoms with van der Waals surface area (Å²) in [7, 11) is 0. The first kappa shape index (κ1) is 35.2. The maximum atomic E-state index is 11.8. The van der Waals surface area contributed by atoms with Crippen molar-refractivity contribution in [2.75, 3.05) is 79.3 Å². The third-order valence-electron chi connectivity index (χ3n) is 5.70. The first-order valence-corrected chi connectivity index (χ1v) is 14.5. The molecule has 8 nitrogen and oxygen atoms in total. The van der Waals surface area contributed by atoms with Crippen molar-refractivity contribution < 1.29 is 38.3 Å². The van der Waals surface area contributed by atoms with Gasteiger partial charge in [-0.15, -0.1) is 0 Å². The quantitative estimate of drug-likeness (QED) is 0.0999. The fourth-order valence-electron chi connectivity index (χ4n) is 3.62. The molecular weight excluding hydrogens is 464 g/mol. The first-order chi connectivity index (χ1) is 17.8. The number of carbonyl (C=O) groups is 1. The van der Waals surface area contributed by atoms with Crippen LogP contribution in [0.25, 0.3) is 0 Å². The molecule has 0 atom stereocenters. The fraction of sp³-hybridized carbons (Fsp3) is 0.964. The summed E-state index contributed by atoms with van der Waals surface area (Å²) in [5.41, 5.74) is 0. The van der Waals surface area contributed by atoms with Crippen LogP contribution in [0.3, 0.4) is 0 Å². The lowest BCUT2D eigenvalue weighted by Gasteiger charge is -2.08. The second-order valence-electron chi connectivity index (χ2n) is 9.00. The van der Waals surface area contributed by atoms with Crippen LogP contribution in [0.4, 0.5) is 0 Å². The Hall–Kier alpha value is -0.770. The highest BCUT2D eigenvalue weighted by Crippen LogP contribution is 2.13. The molecule has 0 rings (SSSR count). The van der Waals surface area contributed by atoms with Crippen molar-refractivity contribution in [1.82, 2.24) is 0 Å². The smallest absolute Gasteiger partial charge is 0.305 e. The zero-order valence-corrected chi connectivity index (χ0v) is 23.2. The molecule has 0 aliphatic carbocycles. The molecular formula is C28H56O8. The Morgan fingerprint density at radius 2 is 0.806 bits per heavy atom. The number of hydrogen-bond acceptors (Lipinski definition) is 8. The third kappa shape index (κ3) is 31.3. The van der Waals surface area contributed by atoms with Crippen molar-refractivity contribution in [2.45, 2.75) is 96.8 Å². The van der Waals surface area contributed by atoms with Gasteiger partial charge in [0, 0.05) is 6.42 Å². The highest BCUT2D eigenvalue weighted by Gasteiger charge is 2.02. The Morgan fingerprint density at radius 1 is 0.472 bits per heavy atom. The topological polar surface area (TPSA) is 92.7 Å². The molecule has 0 unspecified atom stereocenters. The third-order valence-corrected chi connectivity index (χ3v) is 5.70. The van der Waals surface area contributed by atoms with Crippen molar-refractivity contribution in [3.63, 3.8) is 0 Å². The molecule has 0 radical (unpaired) electrons. The molecule has 216 valence electrons. The van der Waals surface area contributed by atoms with E-state index in [1.54, 1.807) is 0 Å². The number of ether oxygens (including phenoxy) is 6. The Labute approximate surface area is 220 Å². The number of aliphatic hydroxyl groups is 1. The molecule has 0 aliphatic rings. The van der Waals surface area contributed by atoms with E-state index in [0.717, 1.165) is 12.8 Å². The van der Waals surface area contributed by atoms with E-state index in [4.69, 9.17) is 33.5 Å². The monoisotopic (exact) mass is 520 g/mol. The van der Waals surface area contributed by atoms with Gasteiger partial charge >= 0.3 is 5.97 Å². The van der Waals surface area contributed by atoms with E-state index in [2.05, 4.69) is 6.92 Å². The van der Waals surface area contributed by atoms with Gasteiger partial charge < -0.3 is 33.5 Å². The SMILES string of the molecule is CCCCCCCCCCCCCCCC(=O)OCCOCCOCCOCCOCCOCCO. The van der Waals surface area contributed by atoms with E-state index in [9.17, 15) is 4.79 Å². The molecule has 0 saturated carbocycles. The maximum Gasteiger partial charge on any atom is 0.305 e. The second-order valence-corrected chi connectivity index (χ2v) is 9.00. The Balaban J connectivity index is 3.13. The zero-order valence-electron chi connectivity index (χ0n) is 23.2. The van der Waals surface area contributed by atoms with Gasteiger partial charge in [0.05, 0.1) is 72.7 Å².